The van der Waals surface area contributed by atoms with Crippen LogP contribution in [-0.2, 0) is 0 Å². The molecule has 20 heavy (non-hydrogen) atoms. The van der Waals surface area contributed by atoms with Crippen LogP contribution < -0.4 is 10.6 Å². The summed E-state index contributed by atoms with van der Waals surface area (Å²) in [7, 11) is 0. The molecule has 0 spiro atoms. The van der Waals surface area contributed by atoms with Crippen molar-refractivity contribution < 1.29 is 14.7 Å². The van der Waals surface area contributed by atoms with Crippen molar-refractivity contribution in [1.29, 1.82) is 0 Å². The predicted molar refractivity (Wildman–Crippen MR) is 79.2 cm³/mol. The van der Waals surface area contributed by atoms with Gasteiger partial charge in [0.25, 0.3) is 0 Å². The second kappa shape index (κ2) is 6.41. The van der Waals surface area contributed by atoms with Crippen molar-refractivity contribution in [2.75, 3.05) is 11.9 Å². The number of rotatable bonds is 5. The third kappa shape index (κ3) is 4.57. The fourth-order valence-corrected chi connectivity index (χ4v) is 1.56. The molecular formula is C15H22N2O3. The number of amides is 2. The average Bonchev–Trinajstić information content (AvgIpc) is 2.38. The molecule has 0 fully saturated rings. The van der Waals surface area contributed by atoms with E-state index in [-0.39, 0.29) is 11.0 Å². The van der Waals surface area contributed by atoms with Crippen LogP contribution in [0.5, 0.6) is 0 Å². The van der Waals surface area contributed by atoms with Crippen LogP contribution in [-0.4, -0.2) is 23.7 Å². The fourth-order valence-electron chi connectivity index (χ4n) is 1.56. The van der Waals surface area contributed by atoms with Crippen molar-refractivity contribution in [3.05, 3.63) is 29.3 Å². The molecule has 0 atom stereocenters. The van der Waals surface area contributed by atoms with Crippen LogP contribution in [0.4, 0.5) is 10.5 Å². The van der Waals surface area contributed by atoms with Crippen molar-refractivity contribution in [3.63, 3.8) is 0 Å². The van der Waals surface area contributed by atoms with Gasteiger partial charge in [-0.3, -0.25) is 0 Å². The number of benzene rings is 1. The molecule has 0 heterocycles. The third-order valence-corrected chi connectivity index (χ3v) is 3.34. The maximum absolute atomic E-state index is 11.8. The zero-order chi connectivity index (χ0) is 15.3. The minimum atomic E-state index is -1.06. The molecule has 0 bridgehead atoms. The van der Waals surface area contributed by atoms with Crippen molar-refractivity contribution in [2.24, 2.45) is 5.41 Å². The van der Waals surface area contributed by atoms with Gasteiger partial charge in [0.2, 0.25) is 0 Å². The monoisotopic (exact) mass is 278 g/mol. The van der Waals surface area contributed by atoms with Gasteiger partial charge < -0.3 is 15.7 Å². The van der Waals surface area contributed by atoms with Gasteiger partial charge in [-0.2, -0.15) is 0 Å². The maximum atomic E-state index is 11.8. The van der Waals surface area contributed by atoms with E-state index in [4.69, 9.17) is 5.11 Å². The lowest BCUT2D eigenvalue weighted by Crippen LogP contribution is -2.36. The molecule has 0 aliphatic carbocycles. The van der Waals surface area contributed by atoms with Gasteiger partial charge in [-0.1, -0.05) is 32.4 Å². The van der Waals surface area contributed by atoms with E-state index in [1.54, 1.807) is 19.1 Å². The Morgan fingerprint density at radius 2 is 1.95 bits per heavy atom. The normalized spacial score (nSPS) is 11.0. The van der Waals surface area contributed by atoms with Crippen LogP contribution in [0.2, 0.25) is 0 Å². The Bertz CT molecular complexity index is 510. The molecule has 3 N–H and O–H groups in total. The van der Waals surface area contributed by atoms with Gasteiger partial charge in [0.05, 0.1) is 11.3 Å². The Balaban J connectivity index is 2.74. The third-order valence-electron chi connectivity index (χ3n) is 3.34. The molecule has 5 heteroatoms. The topological polar surface area (TPSA) is 78.4 Å². The first-order chi connectivity index (χ1) is 9.25. The first kappa shape index (κ1) is 16.0. The minimum Gasteiger partial charge on any atom is -0.478 e. The molecule has 2 amide bonds. The first-order valence-corrected chi connectivity index (χ1v) is 6.64. The Hall–Kier alpha value is -2.04. The van der Waals surface area contributed by atoms with Gasteiger partial charge >= 0.3 is 12.0 Å². The highest BCUT2D eigenvalue weighted by atomic mass is 16.4. The second-order valence-electron chi connectivity index (χ2n) is 5.68. The highest BCUT2D eigenvalue weighted by Crippen LogP contribution is 2.19. The predicted octanol–water partition coefficient (Wildman–Crippen LogP) is 3.25. The number of carboxylic acid groups (broad SMARTS) is 1. The van der Waals surface area contributed by atoms with Gasteiger partial charge in [-0.05, 0) is 30.9 Å². The summed E-state index contributed by atoms with van der Waals surface area (Å²) in [6.45, 7) is 8.51. The summed E-state index contributed by atoms with van der Waals surface area (Å²) in [5.41, 5.74) is 1.24. The lowest BCUT2D eigenvalue weighted by atomic mass is 9.90. The van der Waals surface area contributed by atoms with E-state index in [2.05, 4.69) is 31.4 Å². The van der Waals surface area contributed by atoms with Gasteiger partial charge in [-0.25, -0.2) is 9.59 Å². The van der Waals surface area contributed by atoms with Crippen molar-refractivity contribution in [1.82, 2.24) is 5.32 Å². The number of aromatic carboxylic acids is 1. The van der Waals surface area contributed by atoms with Gasteiger partial charge in [-0.15, -0.1) is 0 Å². The van der Waals surface area contributed by atoms with Crippen molar-refractivity contribution in [2.45, 2.75) is 34.1 Å². The molecule has 1 rings (SSSR count). The molecule has 0 aliphatic rings. The summed E-state index contributed by atoms with van der Waals surface area (Å²) in [4.78, 5) is 23.0. The number of hydrogen-bond donors (Lipinski definition) is 3. The molecule has 0 aromatic heterocycles. The van der Waals surface area contributed by atoms with Crippen LogP contribution in [0.25, 0.3) is 0 Å². The summed E-state index contributed by atoms with van der Waals surface area (Å²) >= 11 is 0. The highest BCUT2D eigenvalue weighted by molar-refractivity contribution is 6.00. The van der Waals surface area contributed by atoms with Crippen LogP contribution in [0.1, 0.15) is 43.1 Å². The summed E-state index contributed by atoms with van der Waals surface area (Å²) in [6.07, 6.45) is 0.943. The zero-order valence-electron chi connectivity index (χ0n) is 12.4. The molecule has 1 aromatic rings. The Morgan fingerprint density at radius 3 is 2.50 bits per heavy atom. The number of carboxylic acids is 1. The summed E-state index contributed by atoms with van der Waals surface area (Å²) in [5.74, 6) is -1.06. The van der Waals surface area contributed by atoms with Crippen LogP contribution in [0.3, 0.4) is 0 Å². The number of aryl methyl sites for hydroxylation is 1. The molecule has 0 radical (unpaired) electrons. The Kier molecular flexibility index (Phi) is 5.13. The standard InChI is InChI=1S/C15H22N2O3/c1-5-15(3,4)9-16-14(20)17-12-7-6-10(2)8-11(12)13(18)19/h6-8H,5,9H2,1-4H3,(H,18,19)(H2,16,17,20). The van der Waals surface area contributed by atoms with E-state index in [0.29, 0.717) is 12.2 Å². The van der Waals surface area contributed by atoms with Gasteiger partial charge in [0.1, 0.15) is 0 Å². The lowest BCUT2D eigenvalue weighted by molar-refractivity contribution is 0.0698. The highest BCUT2D eigenvalue weighted by Gasteiger charge is 2.17. The quantitative estimate of drug-likeness (QED) is 0.773. The van der Waals surface area contributed by atoms with E-state index in [9.17, 15) is 9.59 Å². The average molecular weight is 278 g/mol. The Morgan fingerprint density at radius 1 is 1.30 bits per heavy atom. The number of hydrogen-bond acceptors (Lipinski definition) is 2. The number of carbonyl (C=O) groups excluding carboxylic acids is 1. The zero-order valence-corrected chi connectivity index (χ0v) is 12.4. The number of carbonyl (C=O) groups is 2. The van der Waals surface area contributed by atoms with Crippen molar-refractivity contribution >= 4 is 17.7 Å². The van der Waals surface area contributed by atoms with Crippen LogP contribution >= 0.6 is 0 Å². The minimum absolute atomic E-state index is 0.0141. The largest absolute Gasteiger partial charge is 0.478 e. The van der Waals surface area contributed by atoms with E-state index >= 15 is 0 Å². The second-order valence-corrected chi connectivity index (χ2v) is 5.68. The first-order valence-electron chi connectivity index (χ1n) is 6.64. The Labute approximate surface area is 119 Å². The maximum Gasteiger partial charge on any atom is 0.337 e. The lowest BCUT2D eigenvalue weighted by Gasteiger charge is -2.23. The fraction of sp³-hybridized carbons (Fsp3) is 0.467. The number of anilines is 1. The molecule has 0 aliphatic heterocycles. The van der Waals surface area contributed by atoms with E-state index < -0.39 is 12.0 Å². The van der Waals surface area contributed by atoms with Crippen molar-refractivity contribution in [3.8, 4) is 0 Å². The molecule has 0 saturated carbocycles. The van der Waals surface area contributed by atoms with Crippen LogP contribution in [0, 0.1) is 12.3 Å². The van der Waals surface area contributed by atoms with Crippen LogP contribution in [0.15, 0.2) is 18.2 Å². The molecule has 0 saturated heterocycles. The molecule has 0 unspecified atom stereocenters. The van der Waals surface area contributed by atoms with Gasteiger partial charge in [0, 0.05) is 6.54 Å². The summed E-state index contributed by atoms with van der Waals surface area (Å²) in [6, 6.07) is 4.51. The molecular weight excluding hydrogens is 256 g/mol. The SMILES string of the molecule is CCC(C)(C)CNC(=O)Nc1ccc(C)cc1C(=O)O. The molecule has 1 aromatic carbocycles. The number of urea groups is 1. The molecule has 110 valence electrons. The smallest absolute Gasteiger partial charge is 0.337 e. The van der Waals surface area contributed by atoms with E-state index in [1.807, 2.05) is 0 Å². The van der Waals surface area contributed by atoms with E-state index in [1.165, 1.54) is 6.07 Å². The van der Waals surface area contributed by atoms with E-state index in [0.717, 1.165) is 12.0 Å². The molecule has 5 nitrogen and oxygen atoms in total. The number of nitrogens with one attached hydrogen (secondary N) is 2. The summed E-state index contributed by atoms with van der Waals surface area (Å²) < 4.78 is 0. The summed E-state index contributed by atoms with van der Waals surface area (Å²) in [5, 5.41) is 14.5. The van der Waals surface area contributed by atoms with Gasteiger partial charge in [0.15, 0.2) is 0 Å².